The van der Waals surface area contributed by atoms with E-state index in [1.807, 2.05) is 20.8 Å². The quantitative estimate of drug-likeness (QED) is 0.427. The van der Waals surface area contributed by atoms with Gasteiger partial charge >= 0.3 is 0 Å². The number of hydrogen-bond acceptors (Lipinski definition) is 1. The third-order valence-electron chi connectivity index (χ3n) is 4.64. The molecule has 1 aromatic rings. The monoisotopic (exact) mass is 330 g/mol. The van der Waals surface area contributed by atoms with E-state index in [4.69, 9.17) is 4.43 Å². The predicted molar refractivity (Wildman–Crippen MR) is 87.2 cm³/mol. The Kier molecular flexibility index (Phi) is 6.04. The van der Waals surface area contributed by atoms with Crippen molar-refractivity contribution in [1.29, 1.82) is 0 Å². The van der Waals surface area contributed by atoms with Gasteiger partial charge in [0, 0.05) is 0 Å². The maximum Gasteiger partial charge on any atom is 0.297 e. The maximum atomic E-state index is 14.6. The summed E-state index contributed by atoms with van der Waals surface area (Å²) < 4.78 is 48.5. The molecule has 0 bridgehead atoms. The third kappa shape index (κ3) is 3.46. The van der Waals surface area contributed by atoms with Crippen molar-refractivity contribution in [3.8, 4) is 0 Å². The molecule has 0 N–H and O–H groups in total. The van der Waals surface area contributed by atoms with Crippen molar-refractivity contribution in [3.63, 3.8) is 0 Å². The van der Waals surface area contributed by atoms with Gasteiger partial charge < -0.3 is 4.43 Å². The zero-order valence-corrected chi connectivity index (χ0v) is 14.8. The molecule has 0 aliphatic heterocycles. The highest BCUT2D eigenvalue weighted by Gasteiger charge is 2.53. The summed E-state index contributed by atoms with van der Waals surface area (Å²) in [5.74, 6) is -3.71. The van der Waals surface area contributed by atoms with Gasteiger partial charge in [0.05, 0.1) is 0 Å². The molecule has 0 aromatic heterocycles. The highest BCUT2D eigenvalue weighted by Crippen LogP contribution is 2.45. The lowest BCUT2D eigenvalue weighted by Crippen LogP contribution is -2.52. The standard InChI is InChI=1S/C17H25F3OSi/c1-6-17(19,20)16(5,14-10-12-15(18)13-11-14)21-22(7-2,8-3)9-4/h6,10-13H,1,7-9H2,2-5H3. The molecule has 22 heavy (non-hydrogen) atoms. The second kappa shape index (κ2) is 7.00. The summed E-state index contributed by atoms with van der Waals surface area (Å²) in [7, 11) is -2.30. The Hall–Kier alpha value is -1.07. The summed E-state index contributed by atoms with van der Waals surface area (Å²) in [4.78, 5) is 0. The average Bonchev–Trinajstić information content (AvgIpc) is 2.53. The third-order valence-corrected chi connectivity index (χ3v) is 9.35. The fraction of sp³-hybridized carbons (Fsp3) is 0.529. The van der Waals surface area contributed by atoms with Gasteiger partial charge in [-0.3, -0.25) is 0 Å². The Morgan fingerprint density at radius 2 is 1.55 bits per heavy atom. The summed E-state index contributed by atoms with van der Waals surface area (Å²) in [6.07, 6.45) is 0.622. The van der Waals surface area contributed by atoms with Gasteiger partial charge in [0.1, 0.15) is 11.4 Å². The van der Waals surface area contributed by atoms with Crippen molar-refractivity contribution in [2.24, 2.45) is 0 Å². The second-order valence-corrected chi connectivity index (χ2v) is 10.4. The van der Waals surface area contributed by atoms with Crippen molar-refractivity contribution >= 4 is 8.32 Å². The van der Waals surface area contributed by atoms with Gasteiger partial charge in [-0.1, -0.05) is 39.5 Å². The first-order chi connectivity index (χ1) is 10.2. The van der Waals surface area contributed by atoms with E-state index in [0.29, 0.717) is 6.08 Å². The Morgan fingerprint density at radius 1 is 1.09 bits per heavy atom. The van der Waals surface area contributed by atoms with E-state index in [0.717, 1.165) is 18.1 Å². The SMILES string of the molecule is C=CC(F)(F)C(C)(O[Si](CC)(CC)CC)c1ccc(F)cc1. The molecule has 5 heteroatoms. The van der Waals surface area contributed by atoms with E-state index >= 15 is 0 Å². The molecule has 0 amide bonds. The highest BCUT2D eigenvalue weighted by atomic mass is 28.4. The van der Waals surface area contributed by atoms with Crippen LogP contribution in [0, 0.1) is 5.82 Å². The molecule has 1 atom stereocenters. The van der Waals surface area contributed by atoms with Crippen LogP contribution in [0.1, 0.15) is 33.3 Å². The fourth-order valence-corrected chi connectivity index (χ4v) is 5.73. The van der Waals surface area contributed by atoms with Crippen LogP contribution in [0.15, 0.2) is 36.9 Å². The second-order valence-electron chi connectivity index (χ2n) is 5.71. The van der Waals surface area contributed by atoms with Crippen LogP contribution in [0.5, 0.6) is 0 Å². The van der Waals surface area contributed by atoms with Crippen LogP contribution in [0.3, 0.4) is 0 Å². The molecule has 0 heterocycles. The summed E-state index contributed by atoms with van der Waals surface area (Å²) in [6.45, 7) is 10.6. The smallest absolute Gasteiger partial charge is 0.297 e. The van der Waals surface area contributed by atoms with Gasteiger partial charge in [-0.15, -0.1) is 0 Å². The van der Waals surface area contributed by atoms with E-state index in [-0.39, 0.29) is 5.56 Å². The Morgan fingerprint density at radius 3 is 1.91 bits per heavy atom. The maximum absolute atomic E-state index is 14.6. The lowest BCUT2D eigenvalue weighted by atomic mass is 9.89. The molecule has 0 aliphatic carbocycles. The zero-order chi connectivity index (χ0) is 17.0. The zero-order valence-electron chi connectivity index (χ0n) is 13.8. The number of halogens is 3. The largest absolute Gasteiger partial charge is 0.402 e. The Balaban J connectivity index is 3.41. The summed E-state index contributed by atoms with van der Waals surface area (Å²) in [6, 6.07) is 7.37. The minimum atomic E-state index is -3.25. The Labute approximate surface area is 132 Å². The molecule has 0 radical (unpaired) electrons. The minimum absolute atomic E-state index is 0.269. The molecule has 124 valence electrons. The van der Waals surface area contributed by atoms with Gasteiger partial charge in [0.25, 0.3) is 5.92 Å². The number of hydrogen-bond donors (Lipinski definition) is 0. The first kappa shape index (κ1) is 19.0. The number of alkyl halides is 2. The van der Waals surface area contributed by atoms with Crippen molar-refractivity contribution in [2.75, 3.05) is 0 Å². The van der Waals surface area contributed by atoms with Gasteiger partial charge in [-0.25, -0.2) is 4.39 Å². The highest BCUT2D eigenvalue weighted by molar-refractivity contribution is 6.73. The van der Waals surface area contributed by atoms with E-state index in [2.05, 4.69) is 6.58 Å². The molecule has 0 aliphatic rings. The number of benzene rings is 1. The van der Waals surface area contributed by atoms with Gasteiger partial charge in [0.2, 0.25) is 0 Å². The minimum Gasteiger partial charge on any atom is -0.402 e. The predicted octanol–water partition coefficient (Wildman–Crippen LogP) is 5.88. The first-order valence-corrected chi connectivity index (χ1v) is 10.2. The van der Waals surface area contributed by atoms with Crippen LogP contribution < -0.4 is 0 Å². The lowest BCUT2D eigenvalue weighted by Gasteiger charge is -2.44. The normalized spacial score (nSPS) is 15.4. The average molecular weight is 330 g/mol. The van der Waals surface area contributed by atoms with Crippen molar-refractivity contribution < 1.29 is 17.6 Å². The molecule has 0 saturated carbocycles. The van der Waals surface area contributed by atoms with E-state index < -0.39 is 25.7 Å². The molecule has 0 spiro atoms. The van der Waals surface area contributed by atoms with Crippen LogP contribution in [0.25, 0.3) is 0 Å². The topological polar surface area (TPSA) is 9.23 Å². The van der Waals surface area contributed by atoms with Crippen LogP contribution in [0.4, 0.5) is 13.2 Å². The molecular formula is C17H25F3OSi. The lowest BCUT2D eigenvalue weighted by molar-refractivity contribution is -0.134. The van der Waals surface area contributed by atoms with Crippen molar-refractivity contribution in [2.45, 2.75) is 57.4 Å². The first-order valence-electron chi connectivity index (χ1n) is 7.68. The molecular weight excluding hydrogens is 305 g/mol. The van der Waals surface area contributed by atoms with Crippen LogP contribution in [-0.2, 0) is 10.0 Å². The Bertz CT molecular complexity index is 489. The number of rotatable bonds is 8. The summed E-state index contributed by atoms with van der Waals surface area (Å²) >= 11 is 0. The van der Waals surface area contributed by atoms with Crippen LogP contribution in [-0.4, -0.2) is 14.2 Å². The molecule has 0 fully saturated rings. The van der Waals surface area contributed by atoms with E-state index in [1.165, 1.54) is 31.2 Å². The van der Waals surface area contributed by atoms with Gasteiger partial charge in [-0.05, 0) is 48.8 Å². The molecule has 1 unspecified atom stereocenters. The van der Waals surface area contributed by atoms with E-state index in [9.17, 15) is 13.2 Å². The van der Waals surface area contributed by atoms with E-state index in [1.54, 1.807) is 0 Å². The van der Waals surface area contributed by atoms with Crippen LogP contribution in [0.2, 0.25) is 18.1 Å². The van der Waals surface area contributed by atoms with Crippen LogP contribution >= 0.6 is 0 Å². The fourth-order valence-electron chi connectivity index (χ4n) is 2.68. The molecule has 1 nitrogen and oxygen atoms in total. The van der Waals surface area contributed by atoms with Gasteiger partial charge in [0.15, 0.2) is 8.32 Å². The molecule has 1 aromatic carbocycles. The summed E-state index contributed by atoms with van der Waals surface area (Å²) in [5, 5.41) is 0. The summed E-state index contributed by atoms with van der Waals surface area (Å²) in [5.41, 5.74) is -1.57. The van der Waals surface area contributed by atoms with Crippen molar-refractivity contribution in [1.82, 2.24) is 0 Å². The van der Waals surface area contributed by atoms with Gasteiger partial charge in [-0.2, -0.15) is 8.78 Å². The molecule has 1 rings (SSSR count). The molecule has 0 saturated heterocycles. The van der Waals surface area contributed by atoms with Crippen molar-refractivity contribution in [3.05, 3.63) is 48.3 Å².